The number of carbonyl (C=O) groups is 2. The molecule has 2 aromatic carbocycles. The molecule has 2 aromatic rings. The summed E-state index contributed by atoms with van der Waals surface area (Å²) in [6.07, 6.45) is 0.801. The second-order valence-electron chi connectivity index (χ2n) is 7.24. The second-order valence-corrected chi connectivity index (χ2v) is 7.64. The summed E-state index contributed by atoms with van der Waals surface area (Å²) in [5.74, 6) is 0.483. The molecule has 1 heterocycles. The van der Waals surface area contributed by atoms with Crippen molar-refractivity contribution in [1.29, 1.82) is 0 Å². The van der Waals surface area contributed by atoms with Crippen molar-refractivity contribution < 1.29 is 9.59 Å². The summed E-state index contributed by atoms with van der Waals surface area (Å²) in [5.41, 5.74) is 2.67. The Hall–Kier alpha value is -2.33. The number of guanidine groups is 1. The molecule has 0 atom stereocenters. The van der Waals surface area contributed by atoms with Crippen LogP contribution in [0.15, 0.2) is 53.5 Å². The molecular weight excluding hydrogens is 541 g/mol. The number of benzene rings is 2. The van der Waals surface area contributed by atoms with Crippen molar-refractivity contribution in [2.45, 2.75) is 19.9 Å². The fourth-order valence-electron chi connectivity index (χ4n) is 3.28. The van der Waals surface area contributed by atoms with Gasteiger partial charge in [-0.1, -0.05) is 41.9 Å². The Morgan fingerprint density at radius 2 is 1.91 bits per heavy atom. The van der Waals surface area contributed by atoms with Gasteiger partial charge in [0.15, 0.2) is 5.96 Å². The predicted octanol–water partition coefficient (Wildman–Crippen LogP) is 2.83. The van der Waals surface area contributed by atoms with E-state index in [4.69, 9.17) is 11.6 Å². The van der Waals surface area contributed by atoms with Crippen molar-refractivity contribution >= 4 is 53.4 Å². The third kappa shape index (κ3) is 7.67. The van der Waals surface area contributed by atoms with Crippen LogP contribution in [0.25, 0.3) is 0 Å². The number of hydrogen-bond donors (Lipinski definition) is 3. The third-order valence-electron chi connectivity index (χ3n) is 4.94. The van der Waals surface area contributed by atoms with Gasteiger partial charge in [-0.2, -0.15) is 0 Å². The lowest BCUT2D eigenvalue weighted by molar-refractivity contribution is -0.123. The molecule has 0 saturated carbocycles. The first-order valence-corrected chi connectivity index (χ1v) is 10.8. The topological polar surface area (TPSA) is 85.8 Å². The fourth-order valence-corrected chi connectivity index (χ4v) is 3.51. The minimum Gasteiger partial charge on any atom is -0.357 e. The number of nitrogens with one attached hydrogen (secondary N) is 3. The fraction of sp³-hybridized carbons (Fsp3) is 0.348. The van der Waals surface area contributed by atoms with Crippen molar-refractivity contribution in [2.24, 2.45) is 4.99 Å². The summed E-state index contributed by atoms with van der Waals surface area (Å²) >= 11 is 6.21. The zero-order chi connectivity index (χ0) is 22.1. The minimum atomic E-state index is -0.125. The van der Waals surface area contributed by atoms with Crippen LogP contribution >= 0.6 is 35.6 Å². The molecule has 1 aliphatic rings. The van der Waals surface area contributed by atoms with Crippen LogP contribution < -0.4 is 16.0 Å². The van der Waals surface area contributed by atoms with E-state index >= 15 is 0 Å². The molecule has 3 rings (SSSR count). The van der Waals surface area contributed by atoms with E-state index < -0.39 is 0 Å². The summed E-state index contributed by atoms with van der Waals surface area (Å²) in [4.78, 5) is 30.2. The highest BCUT2D eigenvalue weighted by Crippen LogP contribution is 2.15. The van der Waals surface area contributed by atoms with Gasteiger partial charge in [-0.25, -0.2) is 4.99 Å². The van der Waals surface area contributed by atoms with Crippen LogP contribution in [0.3, 0.4) is 0 Å². The molecule has 0 radical (unpaired) electrons. The summed E-state index contributed by atoms with van der Waals surface area (Å²) in [6, 6.07) is 15.2. The van der Waals surface area contributed by atoms with E-state index in [1.165, 1.54) is 0 Å². The van der Waals surface area contributed by atoms with Crippen molar-refractivity contribution in [1.82, 2.24) is 20.9 Å². The molecular formula is C23H29ClIN5O2. The van der Waals surface area contributed by atoms with Crippen molar-refractivity contribution in [2.75, 3.05) is 32.7 Å². The number of amides is 2. The Bertz CT molecular complexity index is 936. The highest BCUT2D eigenvalue weighted by molar-refractivity contribution is 14.0. The van der Waals surface area contributed by atoms with Gasteiger partial charge in [0, 0.05) is 36.8 Å². The van der Waals surface area contributed by atoms with Crippen molar-refractivity contribution in [3.8, 4) is 0 Å². The molecule has 9 heteroatoms. The summed E-state index contributed by atoms with van der Waals surface area (Å²) < 4.78 is 0. The van der Waals surface area contributed by atoms with Gasteiger partial charge in [-0.05, 0) is 42.7 Å². The standard InChI is InChI=1S/C23H28ClN5O2.HI/c1-2-25-23(27-12-11-18-5-3-4-6-20(18)24)28-15-17-7-9-19(10-8-17)22(31)29-14-13-26-21(30)16-29;/h3-10H,2,11-16H2,1H3,(H,26,30)(H2,25,27,28);1H. The molecule has 32 heavy (non-hydrogen) atoms. The van der Waals surface area contributed by atoms with E-state index in [1.807, 2.05) is 43.3 Å². The maximum absolute atomic E-state index is 12.6. The molecule has 0 bridgehead atoms. The number of rotatable bonds is 7. The Balaban J connectivity index is 0.00000363. The van der Waals surface area contributed by atoms with Crippen molar-refractivity contribution in [3.05, 3.63) is 70.2 Å². The molecule has 0 aliphatic carbocycles. The van der Waals surface area contributed by atoms with Crippen LogP contribution in [-0.2, 0) is 17.8 Å². The molecule has 0 spiro atoms. The van der Waals surface area contributed by atoms with E-state index in [9.17, 15) is 9.59 Å². The van der Waals surface area contributed by atoms with Crippen molar-refractivity contribution in [3.63, 3.8) is 0 Å². The van der Waals surface area contributed by atoms with Gasteiger partial charge in [0.05, 0.1) is 13.1 Å². The molecule has 172 valence electrons. The van der Waals surface area contributed by atoms with E-state index in [-0.39, 0.29) is 42.3 Å². The van der Waals surface area contributed by atoms with Gasteiger partial charge in [0.25, 0.3) is 5.91 Å². The average Bonchev–Trinajstić information content (AvgIpc) is 2.78. The van der Waals surface area contributed by atoms with Crippen LogP contribution in [0, 0.1) is 0 Å². The number of carbonyl (C=O) groups excluding carboxylic acids is 2. The Labute approximate surface area is 211 Å². The maximum atomic E-state index is 12.6. The zero-order valence-electron chi connectivity index (χ0n) is 18.1. The SMILES string of the molecule is CCNC(=NCc1ccc(C(=O)N2CCNC(=O)C2)cc1)NCCc1ccccc1Cl.I. The Morgan fingerprint density at radius 3 is 2.59 bits per heavy atom. The quantitative estimate of drug-likeness (QED) is 0.272. The van der Waals surface area contributed by atoms with E-state index in [0.717, 1.165) is 35.1 Å². The highest BCUT2D eigenvalue weighted by atomic mass is 127. The van der Waals surface area contributed by atoms with Gasteiger partial charge < -0.3 is 20.9 Å². The first-order chi connectivity index (χ1) is 15.1. The number of hydrogen-bond acceptors (Lipinski definition) is 3. The molecule has 1 fully saturated rings. The summed E-state index contributed by atoms with van der Waals surface area (Å²) in [7, 11) is 0. The lowest BCUT2D eigenvalue weighted by atomic mass is 10.1. The van der Waals surface area contributed by atoms with Crippen LogP contribution in [-0.4, -0.2) is 55.4 Å². The zero-order valence-corrected chi connectivity index (χ0v) is 21.2. The van der Waals surface area contributed by atoms with Gasteiger partial charge in [-0.3, -0.25) is 9.59 Å². The van der Waals surface area contributed by atoms with Gasteiger partial charge in [-0.15, -0.1) is 24.0 Å². The highest BCUT2D eigenvalue weighted by Gasteiger charge is 2.22. The van der Waals surface area contributed by atoms with E-state index in [0.29, 0.717) is 31.7 Å². The van der Waals surface area contributed by atoms with Gasteiger partial charge >= 0.3 is 0 Å². The Morgan fingerprint density at radius 1 is 1.16 bits per heavy atom. The second kappa shape index (κ2) is 13.3. The van der Waals surface area contributed by atoms with Crippen LogP contribution in [0.5, 0.6) is 0 Å². The molecule has 0 aromatic heterocycles. The number of piperazine rings is 1. The molecule has 7 nitrogen and oxygen atoms in total. The average molecular weight is 570 g/mol. The predicted molar refractivity (Wildman–Crippen MR) is 139 cm³/mol. The monoisotopic (exact) mass is 569 g/mol. The van der Waals surface area contributed by atoms with Crippen LogP contribution in [0.1, 0.15) is 28.4 Å². The first-order valence-electron chi connectivity index (χ1n) is 10.5. The number of halogens is 2. The molecule has 3 N–H and O–H groups in total. The third-order valence-corrected chi connectivity index (χ3v) is 5.30. The lowest BCUT2D eigenvalue weighted by Crippen LogP contribution is -2.49. The first kappa shape index (κ1) is 25.9. The largest absolute Gasteiger partial charge is 0.357 e. The molecule has 0 unspecified atom stereocenters. The smallest absolute Gasteiger partial charge is 0.254 e. The van der Waals surface area contributed by atoms with E-state index in [2.05, 4.69) is 20.9 Å². The van der Waals surface area contributed by atoms with Gasteiger partial charge in [0.1, 0.15) is 0 Å². The van der Waals surface area contributed by atoms with Gasteiger partial charge in [0.2, 0.25) is 5.91 Å². The summed E-state index contributed by atoms with van der Waals surface area (Å²) in [6.45, 7) is 5.11. The van der Waals surface area contributed by atoms with Crippen LogP contribution in [0.4, 0.5) is 0 Å². The number of aliphatic imine (C=N–C) groups is 1. The maximum Gasteiger partial charge on any atom is 0.254 e. The number of nitrogens with zero attached hydrogens (tertiary/aromatic N) is 2. The molecule has 1 aliphatic heterocycles. The van der Waals surface area contributed by atoms with Crippen LogP contribution in [0.2, 0.25) is 5.02 Å². The minimum absolute atomic E-state index is 0. The lowest BCUT2D eigenvalue weighted by Gasteiger charge is -2.26. The molecule has 2 amide bonds. The normalized spacial score (nSPS) is 13.8. The molecule has 1 saturated heterocycles. The Kier molecular flexibility index (Phi) is 10.8. The summed E-state index contributed by atoms with van der Waals surface area (Å²) in [5, 5.41) is 10.1. The van der Waals surface area contributed by atoms with E-state index in [1.54, 1.807) is 17.0 Å².